The van der Waals surface area contributed by atoms with Crippen molar-refractivity contribution in [2.45, 2.75) is 19.5 Å². The van der Waals surface area contributed by atoms with Crippen LogP contribution in [0.2, 0.25) is 0 Å². The summed E-state index contributed by atoms with van der Waals surface area (Å²) in [5, 5.41) is 5.75. The largest absolute Gasteiger partial charge is 0.465 e. The van der Waals surface area contributed by atoms with Gasteiger partial charge in [0.05, 0.1) is 18.7 Å². The lowest BCUT2D eigenvalue weighted by Crippen LogP contribution is -2.29. The zero-order valence-corrected chi connectivity index (χ0v) is 14.3. The van der Waals surface area contributed by atoms with E-state index in [1.54, 1.807) is 22.1 Å². The maximum absolute atomic E-state index is 12.4. The molecule has 1 N–H and O–H groups in total. The van der Waals surface area contributed by atoms with E-state index >= 15 is 0 Å². The molecule has 0 fully saturated rings. The molecule has 3 aromatic rings. The van der Waals surface area contributed by atoms with Crippen LogP contribution in [0.1, 0.15) is 28.2 Å². The van der Waals surface area contributed by atoms with Gasteiger partial charge in [0.2, 0.25) is 5.91 Å². The Morgan fingerprint density at radius 1 is 1.25 bits per heavy atom. The highest BCUT2D eigenvalue weighted by Crippen LogP contribution is 2.22. The van der Waals surface area contributed by atoms with Gasteiger partial charge in [-0.25, -0.2) is 4.79 Å². The summed E-state index contributed by atoms with van der Waals surface area (Å²) in [5.41, 5.74) is 1.30. The van der Waals surface area contributed by atoms with Crippen LogP contribution in [0.3, 0.4) is 0 Å². The molecule has 2 heterocycles. The van der Waals surface area contributed by atoms with Gasteiger partial charge in [0.25, 0.3) is 0 Å². The molecule has 0 unspecified atom stereocenters. The Kier molecular flexibility index (Phi) is 4.66. The van der Waals surface area contributed by atoms with Gasteiger partial charge >= 0.3 is 5.97 Å². The molecule has 5 nitrogen and oxygen atoms in total. The number of aromatic nitrogens is 1. The number of thiophene rings is 1. The summed E-state index contributed by atoms with van der Waals surface area (Å²) in [6, 6.07) is 11.4. The smallest absolute Gasteiger partial charge is 0.340 e. The summed E-state index contributed by atoms with van der Waals surface area (Å²) in [5.74, 6) is -0.509. The van der Waals surface area contributed by atoms with Crippen LogP contribution in [-0.4, -0.2) is 23.6 Å². The molecule has 0 spiro atoms. The number of nitrogens with one attached hydrogen (secondary N) is 1. The second kappa shape index (κ2) is 6.88. The van der Waals surface area contributed by atoms with Crippen molar-refractivity contribution in [2.24, 2.45) is 0 Å². The fraction of sp³-hybridized carbons (Fsp3) is 0.222. The maximum atomic E-state index is 12.4. The first-order valence-corrected chi connectivity index (χ1v) is 8.47. The van der Waals surface area contributed by atoms with Gasteiger partial charge in [0.1, 0.15) is 6.54 Å². The van der Waals surface area contributed by atoms with Crippen molar-refractivity contribution in [3.63, 3.8) is 0 Å². The highest BCUT2D eigenvalue weighted by molar-refractivity contribution is 7.10. The second-order valence-electron chi connectivity index (χ2n) is 5.48. The zero-order valence-electron chi connectivity index (χ0n) is 13.5. The van der Waals surface area contributed by atoms with Gasteiger partial charge < -0.3 is 14.6 Å². The average Bonchev–Trinajstić information content (AvgIpc) is 3.23. The first-order chi connectivity index (χ1) is 11.6. The molecule has 24 heavy (non-hydrogen) atoms. The number of rotatable bonds is 5. The fourth-order valence-corrected chi connectivity index (χ4v) is 3.44. The molecule has 3 rings (SSSR count). The number of para-hydroxylation sites is 1. The molecule has 0 saturated heterocycles. The number of ether oxygens (including phenoxy) is 1. The molecule has 0 saturated carbocycles. The summed E-state index contributed by atoms with van der Waals surface area (Å²) in [4.78, 5) is 25.4. The lowest BCUT2D eigenvalue weighted by molar-refractivity contribution is -0.122. The van der Waals surface area contributed by atoms with Gasteiger partial charge in [-0.15, -0.1) is 11.3 Å². The van der Waals surface area contributed by atoms with Gasteiger partial charge in [0, 0.05) is 22.0 Å². The molecule has 0 radical (unpaired) electrons. The molecule has 1 amide bonds. The number of carbonyl (C=O) groups excluding carboxylic acids is 2. The average molecular weight is 342 g/mol. The molecule has 2 aromatic heterocycles. The minimum absolute atomic E-state index is 0.0422. The lowest BCUT2D eigenvalue weighted by Gasteiger charge is -2.13. The topological polar surface area (TPSA) is 60.3 Å². The summed E-state index contributed by atoms with van der Waals surface area (Å²) in [7, 11) is 1.35. The van der Waals surface area contributed by atoms with E-state index in [1.807, 2.05) is 48.7 Å². The number of esters is 1. The molecule has 124 valence electrons. The minimum atomic E-state index is -0.405. The van der Waals surface area contributed by atoms with E-state index in [0.29, 0.717) is 5.56 Å². The third kappa shape index (κ3) is 3.19. The lowest BCUT2D eigenvalue weighted by atomic mass is 10.2. The van der Waals surface area contributed by atoms with Crippen molar-refractivity contribution in [1.29, 1.82) is 0 Å². The first-order valence-electron chi connectivity index (χ1n) is 7.59. The molecule has 1 aromatic carbocycles. The quantitative estimate of drug-likeness (QED) is 0.723. The number of carbonyl (C=O) groups is 2. The molecule has 6 heteroatoms. The Balaban J connectivity index is 1.82. The van der Waals surface area contributed by atoms with Gasteiger partial charge in [-0.05, 0) is 24.4 Å². The number of methoxy groups -OCH3 is 1. The number of nitrogens with zero attached hydrogens (tertiary/aromatic N) is 1. The highest BCUT2D eigenvalue weighted by Gasteiger charge is 2.17. The standard InChI is InChI=1S/C18H18N2O3S/c1-12(16-8-5-9-24-16)19-17(21)11-20-10-14(18(22)23-2)13-6-3-4-7-15(13)20/h3-10,12H,11H2,1-2H3,(H,19,21)/t12-/m0/s1. The molecule has 0 aliphatic heterocycles. The van der Waals surface area contributed by atoms with E-state index in [4.69, 9.17) is 4.74 Å². The Bertz CT molecular complexity index is 868. The molecular weight excluding hydrogens is 324 g/mol. The molecule has 0 aliphatic carbocycles. The van der Waals surface area contributed by atoms with Crippen LogP contribution in [-0.2, 0) is 16.1 Å². The predicted molar refractivity (Wildman–Crippen MR) is 94.2 cm³/mol. The summed E-state index contributed by atoms with van der Waals surface area (Å²) in [6.45, 7) is 2.10. The van der Waals surface area contributed by atoms with E-state index in [-0.39, 0.29) is 18.5 Å². The Labute approximate surface area is 143 Å². The van der Waals surface area contributed by atoms with Gasteiger partial charge in [-0.1, -0.05) is 24.3 Å². The van der Waals surface area contributed by atoms with Crippen LogP contribution in [0.15, 0.2) is 48.0 Å². The number of fused-ring (bicyclic) bond motifs is 1. The van der Waals surface area contributed by atoms with Crippen LogP contribution in [0, 0.1) is 0 Å². The van der Waals surface area contributed by atoms with Gasteiger partial charge in [-0.3, -0.25) is 4.79 Å². The third-order valence-corrected chi connectivity index (χ3v) is 4.91. The van der Waals surface area contributed by atoms with Crippen molar-refractivity contribution in [3.05, 3.63) is 58.4 Å². The molecule has 0 bridgehead atoms. The molecule has 1 atom stereocenters. The van der Waals surface area contributed by atoms with E-state index in [9.17, 15) is 9.59 Å². The van der Waals surface area contributed by atoms with Gasteiger partial charge in [0.15, 0.2) is 0 Å². The number of hydrogen-bond donors (Lipinski definition) is 1. The number of hydrogen-bond acceptors (Lipinski definition) is 4. The van der Waals surface area contributed by atoms with Crippen LogP contribution in [0.5, 0.6) is 0 Å². The van der Waals surface area contributed by atoms with E-state index in [2.05, 4.69) is 5.32 Å². The zero-order chi connectivity index (χ0) is 17.1. The Hall–Kier alpha value is -2.60. The Morgan fingerprint density at radius 3 is 2.75 bits per heavy atom. The van der Waals surface area contributed by atoms with Crippen LogP contribution < -0.4 is 5.32 Å². The monoisotopic (exact) mass is 342 g/mol. The van der Waals surface area contributed by atoms with Crippen molar-refractivity contribution < 1.29 is 14.3 Å². The first kappa shape index (κ1) is 16.3. The van der Waals surface area contributed by atoms with E-state index < -0.39 is 5.97 Å². The van der Waals surface area contributed by atoms with Crippen LogP contribution in [0.25, 0.3) is 10.9 Å². The van der Waals surface area contributed by atoms with E-state index in [1.165, 1.54) is 7.11 Å². The summed E-state index contributed by atoms with van der Waals surface area (Å²) >= 11 is 1.61. The fourth-order valence-electron chi connectivity index (χ4n) is 2.70. The van der Waals surface area contributed by atoms with Crippen LogP contribution >= 0.6 is 11.3 Å². The maximum Gasteiger partial charge on any atom is 0.340 e. The Morgan fingerprint density at radius 2 is 2.04 bits per heavy atom. The SMILES string of the molecule is COC(=O)c1cn(CC(=O)N[C@@H](C)c2cccs2)c2ccccc12. The van der Waals surface area contributed by atoms with E-state index in [0.717, 1.165) is 15.8 Å². The van der Waals surface area contributed by atoms with Crippen molar-refractivity contribution in [3.8, 4) is 0 Å². The summed E-state index contributed by atoms with van der Waals surface area (Å²) < 4.78 is 6.60. The molecular formula is C18H18N2O3S. The minimum Gasteiger partial charge on any atom is -0.465 e. The van der Waals surface area contributed by atoms with Crippen molar-refractivity contribution in [2.75, 3.05) is 7.11 Å². The highest BCUT2D eigenvalue weighted by atomic mass is 32.1. The number of amides is 1. The molecule has 0 aliphatic rings. The number of benzene rings is 1. The van der Waals surface area contributed by atoms with Crippen LogP contribution in [0.4, 0.5) is 0 Å². The van der Waals surface area contributed by atoms with Crippen molar-refractivity contribution >= 4 is 34.1 Å². The van der Waals surface area contributed by atoms with Crippen molar-refractivity contribution in [1.82, 2.24) is 9.88 Å². The normalized spacial score (nSPS) is 12.1. The summed E-state index contributed by atoms with van der Waals surface area (Å²) in [6.07, 6.45) is 1.67. The predicted octanol–water partition coefficient (Wildman–Crippen LogP) is 3.37. The second-order valence-corrected chi connectivity index (χ2v) is 6.46. The third-order valence-electron chi connectivity index (χ3n) is 3.86. The van der Waals surface area contributed by atoms with Gasteiger partial charge in [-0.2, -0.15) is 0 Å².